The average molecular weight is 273 g/mol. The standard InChI is InChI=1S/C15H19N3O2/c1-10(8-16)9-17-15(19)13-11(2)20-18-14(13)12-6-4-3-5-7-12/h3-7,10H,8-9,16H2,1-2H3,(H,17,19). The first-order valence-electron chi connectivity index (χ1n) is 6.63. The van der Waals surface area contributed by atoms with Crippen LogP contribution < -0.4 is 11.1 Å². The van der Waals surface area contributed by atoms with Gasteiger partial charge in [-0.2, -0.15) is 0 Å². The van der Waals surface area contributed by atoms with Crippen LogP contribution in [-0.2, 0) is 0 Å². The highest BCUT2D eigenvalue weighted by Crippen LogP contribution is 2.24. The summed E-state index contributed by atoms with van der Waals surface area (Å²) in [5, 5.41) is 6.86. The Hall–Kier alpha value is -2.14. The van der Waals surface area contributed by atoms with E-state index in [0.29, 0.717) is 30.1 Å². The van der Waals surface area contributed by atoms with Crippen LogP contribution >= 0.6 is 0 Å². The molecule has 5 nitrogen and oxygen atoms in total. The van der Waals surface area contributed by atoms with Gasteiger partial charge in [-0.3, -0.25) is 4.79 Å². The molecule has 0 saturated heterocycles. The van der Waals surface area contributed by atoms with E-state index in [9.17, 15) is 4.79 Å². The van der Waals surface area contributed by atoms with E-state index in [0.717, 1.165) is 5.56 Å². The molecule has 1 amide bonds. The molecule has 106 valence electrons. The number of hydrogen-bond donors (Lipinski definition) is 2. The fraction of sp³-hybridized carbons (Fsp3) is 0.333. The number of nitrogens with two attached hydrogens (primary N) is 1. The van der Waals surface area contributed by atoms with Crippen LogP contribution in [0, 0.1) is 12.8 Å². The summed E-state index contributed by atoms with van der Waals surface area (Å²) in [5.41, 5.74) is 7.46. The van der Waals surface area contributed by atoms with E-state index < -0.39 is 0 Å². The van der Waals surface area contributed by atoms with Gasteiger partial charge in [-0.05, 0) is 19.4 Å². The predicted molar refractivity (Wildman–Crippen MR) is 77.2 cm³/mol. The molecule has 2 aromatic rings. The second-order valence-electron chi connectivity index (χ2n) is 4.88. The summed E-state index contributed by atoms with van der Waals surface area (Å²) in [5.74, 6) is 0.573. The number of carbonyl (C=O) groups excluding carboxylic acids is 1. The summed E-state index contributed by atoms with van der Waals surface area (Å²) in [6, 6.07) is 9.52. The van der Waals surface area contributed by atoms with E-state index >= 15 is 0 Å². The van der Waals surface area contributed by atoms with Crippen LogP contribution in [0.25, 0.3) is 11.3 Å². The quantitative estimate of drug-likeness (QED) is 0.872. The summed E-state index contributed by atoms with van der Waals surface area (Å²) in [6.07, 6.45) is 0. The number of amides is 1. The summed E-state index contributed by atoms with van der Waals surface area (Å²) in [4.78, 5) is 12.3. The third-order valence-corrected chi connectivity index (χ3v) is 3.15. The lowest BCUT2D eigenvalue weighted by atomic mass is 10.1. The Kier molecular flexibility index (Phi) is 4.53. The lowest BCUT2D eigenvalue weighted by molar-refractivity contribution is 0.0947. The van der Waals surface area contributed by atoms with E-state index in [1.54, 1.807) is 6.92 Å². The predicted octanol–water partition coefficient (Wildman–Crippen LogP) is 1.97. The molecule has 1 aromatic carbocycles. The van der Waals surface area contributed by atoms with Crippen molar-refractivity contribution in [1.82, 2.24) is 10.5 Å². The number of benzene rings is 1. The smallest absolute Gasteiger partial charge is 0.257 e. The third-order valence-electron chi connectivity index (χ3n) is 3.15. The molecule has 2 rings (SSSR count). The Balaban J connectivity index is 2.24. The van der Waals surface area contributed by atoms with Gasteiger partial charge in [0, 0.05) is 12.1 Å². The van der Waals surface area contributed by atoms with Crippen molar-refractivity contribution in [3.63, 3.8) is 0 Å². The van der Waals surface area contributed by atoms with Crippen LogP contribution in [0.15, 0.2) is 34.9 Å². The molecule has 3 N–H and O–H groups in total. The minimum absolute atomic E-state index is 0.178. The Bertz CT molecular complexity index is 578. The van der Waals surface area contributed by atoms with Gasteiger partial charge in [0.05, 0.1) is 0 Å². The lowest BCUT2D eigenvalue weighted by Crippen LogP contribution is -2.31. The Morgan fingerprint density at radius 3 is 2.75 bits per heavy atom. The molecular formula is C15H19N3O2. The van der Waals surface area contributed by atoms with Gasteiger partial charge in [0.2, 0.25) is 0 Å². The lowest BCUT2D eigenvalue weighted by Gasteiger charge is -2.10. The molecule has 0 aliphatic heterocycles. The Morgan fingerprint density at radius 1 is 1.40 bits per heavy atom. The molecule has 0 aliphatic carbocycles. The number of hydrogen-bond acceptors (Lipinski definition) is 4. The normalized spacial score (nSPS) is 12.2. The molecule has 1 heterocycles. The molecule has 0 bridgehead atoms. The molecule has 1 unspecified atom stereocenters. The van der Waals surface area contributed by atoms with Crippen LogP contribution in [0.3, 0.4) is 0 Å². The number of rotatable bonds is 5. The van der Waals surface area contributed by atoms with E-state index in [4.69, 9.17) is 10.3 Å². The zero-order valence-corrected chi connectivity index (χ0v) is 11.7. The van der Waals surface area contributed by atoms with Crippen molar-refractivity contribution in [2.24, 2.45) is 11.7 Å². The van der Waals surface area contributed by atoms with Gasteiger partial charge in [0.15, 0.2) is 0 Å². The molecule has 1 aromatic heterocycles. The highest BCUT2D eigenvalue weighted by Gasteiger charge is 2.21. The molecule has 20 heavy (non-hydrogen) atoms. The number of nitrogens with one attached hydrogen (secondary N) is 1. The monoisotopic (exact) mass is 273 g/mol. The van der Waals surface area contributed by atoms with Gasteiger partial charge in [-0.25, -0.2) is 0 Å². The molecule has 1 atom stereocenters. The minimum atomic E-state index is -0.178. The highest BCUT2D eigenvalue weighted by molar-refractivity contribution is 6.00. The SMILES string of the molecule is Cc1onc(-c2ccccc2)c1C(=O)NCC(C)CN. The van der Waals surface area contributed by atoms with Gasteiger partial charge < -0.3 is 15.6 Å². The fourth-order valence-corrected chi connectivity index (χ4v) is 1.87. The summed E-state index contributed by atoms with van der Waals surface area (Å²) in [7, 11) is 0. The maximum absolute atomic E-state index is 12.3. The maximum atomic E-state index is 12.3. The summed E-state index contributed by atoms with van der Waals surface area (Å²) < 4.78 is 5.17. The fourth-order valence-electron chi connectivity index (χ4n) is 1.87. The average Bonchev–Trinajstić information content (AvgIpc) is 2.87. The van der Waals surface area contributed by atoms with Gasteiger partial charge in [-0.15, -0.1) is 0 Å². The first-order chi connectivity index (χ1) is 9.63. The van der Waals surface area contributed by atoms with Gasteiger partial charge in [-0.1, -0.05) is 42.4 Å². The largest absolute Gasteiger partial charge is 0.360 e. The van der Waals surface area contributed by atoms with Crippen LogP contribution in [0.5, 0.6) is 0 Å². The molecular weight excluding hydrogens is 254 g/mol. The summed E-state index contributed by atoms with van der Waals surface area (Å²) in [6.45, 7) is 4.79. The first-order valence-corrected chi connectivity index (χ1v) is 6.63. The number of carbonyl (C=O) groups is 1. The van der Waals surface area contributed by atoms with E-state index in [2.05, 4.69) is 10.5 Å². The minimum Gasteiger partial charge on any atom is -0.360 e. The molecule has 5 heteroatoms. The second kappa shape index (κ2) is 6.34. The van der Waals surface area contributed by atoms with Gasteiger partial charge >= 0.3 is 0 Å². The van der Waals surface area contributed by atoms with Crippen molar-refractivity contribution in [3.8, 4) is 11.3 Å². The maximum Gasteiger partial charge on any atom is 0.257 e. The van der Waals surface area contributed by atoms with Crippen molar-refractivity contribution in [1.29, 1.82) is 0 Å². The molecule has 0 spiro atoms. The van der Waals surface area contributed by atoms with Crippen LogP contribution in [0.4, 0.5) is 0 Å². The van der Waals surface area contributed by atoms with Crippen LogP contribution in [-0.4, -0.2) is 24.2 Å². The first kappa shape index (κ1) is 14.3. The number of aryl methyl sites for hydroxylation is 1. The van der Waals surface area contributed by atoms with Crippen molar-refractivity contribution in [3.05, 3.63) is 41.7 Å². The Morgan fingerprint density at radius 2 is 2.10 bits per heavy atom. The molecule has 0 radical (unpaired) electrons. The van der Waals surface area contributed by atoms with E-state index in [1.165, 1.54) is 0 Å². The van der Waals surface area contributed by atoms with E-state index in [-0.39, 0.29) is 11.8 Å². The zero-order chi connectivity index (χ0) is 14.5. The van der Waals surface area contributed by atoms with Crippen LogP contribution in [0.1, 0.15) is 23.0 Å². The molecule has 0 saturated carbocycles. The van der Waals surface area contributed by atoms with Crippen molar-refractivity contribution >= 4 is 5.91 Å². The van der Waals surface area contributed by atoms with Crippen molar-refractivity contribution < 1.29 is 9.32 Å². The van der Waals surface area contributed by atoms with Crippen LogP contribution in [0.2, 0.25) is 0 Å². The summed E-state index contributed by atoms with van der Waals surface area (Å²) >= 11 is 0. The molecule has 0 aliphatic rings. The van der Waals surface area contributed by atoms with Crippen molar-refractivity contribution in [2.75, 3.05) is 13.1 Å². The topological polar surface area (TPSA) is 81.2 Å². The van der Waals surface area contributed by atoms with Gasteiger partial charge in [0.1, 0.15) is 17.0 Å². The van der Waals surface area contributed by atoms with Crippen molar-refractivity contribution in [2.45, 2.75) is 13.8 Å². The van der Waals surface area contributed by atoms with Gasteiger partial charge in [0.25, 0.3) is 5.91 Å². The number of nitrogens with zero attached hydrogens (tertiary/aromatic N) is 1. The van der Waals surface area contributed by atoms with E-state index in [1.807, 2.05) is 37.3 Å². The highest BCUT2D eigenvalue weighted by atomic mass is 16.5. The third kappa shape index (κ3) is 3.05. The molecule has 0 fully saturated rings. The number of aromatic nitrogens is 1. The second-order valence-corrected chi connectivity index (χ2v) is 4.88. The Labute approximate surface area is 118 Å². The zero-order valence-electron chi connectivity index (χ0n) is 11.7.